The average Bonchev–Trinajstić information content (AvgIpc) is 3.17. The Morgan fingerprint density at radius 3 is 3.17 bits per heavy atom. The molecule has 1 fully saturated rings. The van der Waals surface area contributed by atoms with Crippen LogP contribution >= 0.6 is 11.3 Å². The Morgan fingerprint density at radius 2 is 2.42 bits per heavy atom. The van der Waals surface area contributed by atoms with Gasteiger partial charge in [-0.15, -0.1) is 11.3 Å². The van der Waals surface area contributed by atoms with E-state index in [-0.39, 0.29) is 12.0 Å². The molecule has 0 aliphatic carbocycles. The van der Waals surface area contributed by atoms with Crippen molar-refractivity contribution in [2.24, 2.45) is 0 Å². The van der Waals surface area contributed by atoms with Gasteiger partial charge in [0.1, 0.15) is 16.9 Å². The van der Waals surface area contributed by atoms with Crippen molar-refractivity contribution in [1.82, 2.24) is 19.7 Å². The summed E-state index contributed by atoms with van der Waals surface area (Å²) in [6, 6.07) is 1.83. The quantitative estimate of drug-likeness (QED) is 0.864. The van der Waals surface area contributed by atoms with Gasteiger partial charge in [0.2, 0.25) is 5.91 Å². The smallest absolute Gasteiger partial charge is 0.239 e. The van der Waals surface area contributed by atoms with Crippen molar-refractivity contribution >= 4 is 23.1 Å². The number of nitrogens with one attached hydrogen (secondary N) is 1. The number of hydrogen-bond acceptors (Lipinski definition) is 6. The Morgan fingerprint density at radius 1 is 1.54 bits per heavy atom. The first-order valence-electron chi connectivity index (χ1n) is 8.23. The number of anilines is 1. The third-order valence-corrected chi connectivity index (χ3v) is 4.90. The lowest BCUT2D eigenvalue weighted by molar-refractivity contribution is -0.119. The van der Waals surface area contributed by atoms with Crippen LogP contribution in [0.3, 0.4) is 0 Å². The third-order valence-electron chi connectivity index (χ3n) is 3.85. The van der Waals surface area contributed by atoms with E-state index in [4.69, 9.17) is 4.74 Å². The van der Waals surface area contributed by atoms with E-state index < -0.39 is 0 Å². The van der Waals surface area contributed by atoms with Crippen molar-refractivity contribution in [2.45, 2.75) is 32.9 Å². The molecule has 0 radical (unpaired) electrons. The second-order valence-electron chi connectivity index (χ2n) is 5.91. The molecule has 1 atom stereocenters. The Kier molecular flexibility index (Phi) is 5.60. The summed E-state index contributed by atoms with van der Waals surface area (Å²) in [7, 11) is 0. The van der Waals surface area contributed by atoms with Crippen molar-refractivity contribution in [3.63, 3.8) is 0 Å². The maximum absolute atomic E-state index is 12.3. The number of aryl methyl sites for hydroxylation is 2. The van der Waals surface area contributed by atoms with Crippen molar-refractivity contribution in [3.05, 3.63) is 28.3 Å². The van der Waals surface area contributed by atoms with Gasteiger partial charge in [0, 0.05) is 36.8 Å². The van der Waals surface area contributed by atoms with E-state index in [0.717, 1.165) is 36.0 Å². The van der Waals surface area contributed by atoms with Gasteiger partial charge >= 0.3 is 0 Å². The number of thiazole rings is 1. The molecule has 24 heavy (non-hydrogen) atoms. The monoisotopic (exact) mass is 349 g/mol. The number of aromatic nitrogens is 3. The lowest BCUT2D eigenvalue weighted by atomic mass is 10.2. The predicted octanol–water partition coefficient (Wildman–Crippen LogP) is 2.07. The molecule has 1 aliphatic heterocycles. The summed E-state index contributed by atoms with van der Waals surface area (Å²) in [4.78, 5) is 18.9. The van der Waals surface area contributed by atoms with Crippen LogP contribution in [-0.4, -0.2) is 51.8 Å². The van der Waals surface area contributed by atoms with Crippen molar-refractivity contribution in [3.8, 4) is 0 Å². The maximum Gasteiger partial charge on any atom is 0.239 e. The fourth-order valence-corrected chi connectivity index (χ4v) is 3.56. The third kappa shape index (κ3) is 4.19. The number of carbonyl (C=O) groups excluding carboxylic acids is 1. The minimum Gasteiger partial charge on any atom is -0.368 e. The Bertz CT molecular complexity index is 684. The molecular formula is C16H23N5O2S. The average molecular weight is 349 g/mol. The van der Waals surface area contributed by atoms with E-state index in [2.05, 4.69) is 27.2 Å². The summed E-state index contributed by atoms with van der Waals surface area (Å²) in [6.07, 6.45) is 2.64. The Labute approximate surface area is 145 Å². The zero-order chi connectivity index (χ0) is 16.9. The highest BCUT2D eigenvalue weighted by Gasteiger charge is 2.25. The molecule has 0 unspecified atom stereocenters. The molecule has 1 saturated heterocycles. The molecule has 2 aromatic heterocycles. The molecular weight excluding hydrogens is 326 g/mol. The molecule has 1 amide bonds. The first-order chi connectivity index (χ1) is 11.7. The van der Waals surface area contributed by atoms with Gasteiger partial charge in [-0.2, -0.15) is 5.10 Å². The minimum absolute atomic E-state index is 0.0242. The number of nitrogens with zero attached hydrogens (tertiary/aromatic N) is 4. The second kappa shape index (κ2) is 7.87. The summed E-state index contributed by atoms with van der Waals surface area (Å²) in [6.45, 7) is 7.27. The second-order valence-corrected chi connectivity index (χ2v) is 6.80. The largest absolute Gasteiger partial charge is 0.368 e. The van der Waals surface area contributed by atoms with Crippen LogP contribution in [0.25, 0.3) is 0 Å². The molecule has 7 nitrogen and oxygen atoms in total. The van der Waals surface area contributed by atoms with Gasteiger partial charge in [-0.25, -0.2) is 9.67 Å². The lowest BCUT2D eigenvalue weighted by Gasteiger charge is -2.31. The number of morpholine rings is 1. The number of rotatable bonds is 6. The van der Waals surface area contributed by atoms with Gasteiger partial charge < -0.3 is 10.1 Å². The van der Waals surface area contributed by atoms with Crippen LogP contribution < -0.4 is 5.32 Å². The van der Waals surface area contributed by atoms with Crippen molar-refractivity contribution in [2.75, 3.05) is 31.6 Å². The van der Waals surface area contributed by atoms with Crippen LogP contribution in [0.15, 0.2) is 17.6 Å². The van der Waals surface area contributed by atoms with Crippen molar-refractivity contribution < 1.29 is 9.53 Å². The van der Waals surface area contributed by atoms with E-state index in [9.17, 15) is 4.79 Å². The van der Waals surface area contributed by atoms with Gasteiger partial charge in [-0.3, -0.25) is 9.69 Å². The van der Waals surface area contributed by atoms with Crippen LogP contribution in [0.2, 0.25) is 0 Å². The van der Waals surface area contributed by atoms with Crippen LogP contribution in [0.4, 0.5) is 5.82 Å². The van der Waals surface area contributed by atoms with Crippen molar-refractivity contribution in [1.29, 1.82) is 0 Å². The molecule has 3 rings (SSSR count). The van der Waals surface area contributed by atoms with Gasteiger partial charge in [0.25, 0.3) is 0 Å². The summed E-state index contributed by atoms with van der Waals surface area (Å²) in [5.74, 6) is 0.728. The molecule has 8 heteroatoms. The molecule has 1 N–H and O–H groups in total. The lowest BCUT2D eigenvalue weighted by Crippen LogP contribution is -2.42. The fourth-order valence-electron chi connectivity index (χ4n) is 2.73. The van der Waals surface area contributed by atoms with Crippen LogP contribution in [0.5, 0.6) is 0 Å². The molecule has 0 saturated carbocycles. The zero-order valence-corrected chi connectivity index (χ0v) is 14.9. The predicted molar refractivity (Wildman–Crippen MR) is 93.1 cm³/mol. The van der Waals surface area contributed by atoms with Crippen LogP contribution in [0.1, 0.15) is 30.2 Å². The molecule has 0 aromatic carbocycles. The highest BCUT2D eigenvalue weighted by atomic mass is 32.1. The van der Waals surface area contributed by atoms with E-state index in [1.165, 1.54) is 0 Å². The highest BCUT2D eigenvalue weighted by molar-refractivity contribution is 7.09. The molecule has 130 valence electrons. The molecule has 0 spiro atoms. The Balaban J connectivity index is 1.55. The standard InChI is InChI=1S/C16H23N5O2S/c1-3-6-21-14(4-5-17-21)19-15(22)10-20-7-8-23-13(9-20)16-18-12(2)11-24-16/h4-5,11,13H,3,6-10H2,1-2H3,(H,19,22)/t13-/m1/s1. The zero-order valence-electron chi connectivity index (χ0n) is 14.1. The summed E-state index contributed by atoms with van der Waals surface area (Å²) in [5.41, 5.74) is 1.01. The summed E-state index contributed by atoms with van der Waals surface area (Å²) >= 11 is 1.61. The van der Waals surface area contributed by atoms with Crippen LogP contribution in [-0.2, 0) is 16.1 Å². The normalized spacial score (nSPS) is 18.7. The number of ether oxygens (including phenoxy) is 1. The summed E-state index contributed by atoms with van der Waals surface area (Å²) in [5, 5.41) is 10.2. The molecule has 2 aromatic rings. The van der Waals surface area contributed by atoms with E-state index in [1.54, 1.807) is 17.5 Å². The SMILES string of the molecule is CCCn1nccc1NC(=O)CN1CCO[C@@H](c2nc(C)cs2)C1. The molecule has 1 aliphatic rings. The molecule has 0 bridgehead atoms. The minimum atomic E-state index is -0.0455. The first-order valence-corrected chi connectivity index (χ1v) is 9.11. The number of hydrogen-bond donors (Lipinski definition) is 1. The summed E-state index contributed by atoms with van der Waals surface area (Å²) < 4.78 is 7.62. The maximum atomic E-state index is 12.3. The van der Waals surface area contributed by atoms with Gasteiger partial charge in [0.15, 0.2) is 0 Å². The topological polar surface area (TPSA) is 72.3 Å². The first kappa shape index (κ1) is 17.1. The molecule has 3 heterocycles. The van der Waals surface area contributed by atoms with E-state index in [0.29, 0.717) is 19.7 Å². The number of amides is 1. The Hall–Kier alpha value is -1.77. The van der Waals surface area contributed by atoms with Gasteiger partial charge in [-0.1, -0.05) is 6.92 Å². The van der Waals surface area contributed by atoms with E-state index >= 15 is 0 Å². The van der Waals surface area contributed by atoms with Gasteiger partial charge in [0.05, 0.1) is 19.3 Å². The van der Waals surface area contributed by atoms with Crippen LogP contribution in [0, 0.1) is 6.92 Å². The van der Waals surface area contributed by atoms with E-state index in [1.807, 2.05) is 23.1 Å². The number of carbonyl (C=O) groups is 1. The fraction of sp³-hybridized carbons (Fsp3) is 0.562. The van der Waals surface area contributed by atoms with Gasteiger partial charge in [-0.05, 0) is 13.3 Å². The highest BCUT2D eigenvalue weighted by Crippen LogP contribution is 2.25.